The van der Waals surface area contributed by atoms with Gasteiger partial charge < -0.3 is 15.3 Å². The molecule has 3 nitrogen and oxygen atoms in total. The Kier molecular flexibility index (Phi) is 6.32. The summed E-state index contributed by atoms with van der Waals surface area (Å²) >= 11 is 5.50. The van der Waals surface area contributed by atoms with Crippen molar-refractivity contribution in [3.8, 4) is 5.75 Å². The van der Waals surface area contributed by atoms with E-state index >= 15 is 0 Å². The van der Waals surface area contributed by atoms with Gasteiger partial charge in [0.1, 0.15) is 5.75 Å². The Morgan fingerprint density at radius 2 is 1.69 bits per heavy atom. The molecule has 0 bridgehead atoms. The maximum Gasteiger partial charge on any atom is 0.115 e. The minimum atomic E-state index is -0.560. The number of aliphatic hydroxyl groups is 2. The molecule has 1 aromatic rings. The van der Waals surface area contributed by atoms with Crippen LogP contribution in [0.15, 0.2) is 24.3 Å². The van der Waals surface area contributed by atoms with Crippen molar-refractivity contribution in [3.63, 3.8) is 0 Å². The van der Waals surface area contributed by atoms with Crippen molar-refractivity contribution in [2.45, 2.75) is 13.0 Å². The average molecular weight is 205 g/mol. The largest absolute Gasteiger partial charge is 0.508 e. The molecule has 13 heavy (non-hydrogen) atoms. The lowest BCUT2D eigenvalue weighted by atomic mass is 10.3. The quantitative estimate of drug-likeness (QED) is 0.648. The molecule has 0 aromatic heterocycles. The van der Waals surface area contributed by atoms with Crippen molar-refractivity contribution in [1.29, 1.82) is 0 Å². The number of phenolic OH excluding ortho intramolecular Hbond substituents is 1. The third-order valence-corrected chi connectivity index (χ3v) is 1.34. The number of hydrogen-bond donors (Lipinski definition) is 3. The molecule has 0 amide bonds. The van der Waals surface area contributed by atoms with E-state index in [1.165, 1.54) is 6.92 Å². The van der Waals surface area contributed by atoms with Crippen LogP contribution in [0.4, 0.5) is 0 Å². The van der Waals surface area contributed by atoms with E-state index in [1.807, 2.05) is 0 Å². The fourth-order valence-electron chi connectivity index (χ4n) is 0.441. The van der Waals surface area contributed by atoms with Crippen molar-refractivity contribution >= 4 is 11.6 Å². The molecule has 0 aliphatic heterocycles. The number of aliphatic hydroxyl groups excluding tert-OH is 2. The predicted octanol–water partition coefficient (Wildman–Crippen LogP) is 1.41. The van der Waals surface area contributed by atoms with E-state index in [0.717, 1.165) is 0 Å². The molecule has 1 aromatic carbocycles. The molecule has 0 fully saturated rings. The Hall–Kier alpha value is -0.770. The Morgan fingerprint density at radius 1 is 1.31 bits per heavy atom. The molecular weight excluding hydrogens is 192 g/mol. The topological polar surface area (TPSA) is 60.7 Å². The molecule has 0 aliphatic rings. The number of benzene rings is 1. The van der Waals surface area contributed by atoms with Gasteiger partial charge >= 0.3 is 0 Å². The van der Waals surface area contributed by atoms with Crippen LogP contribution in [0.5, 0.6) is 5.75 Å². The van der Waals surface area contributed by atoms with Gasteiger partial charge in [-0.05, 0) is 31.2 Å². The van der Waals surface area contributed by atoms with E-state index in [0.29, 0.717) is 5.02 Å². The van der Waals surface area contributed by atoms with Gasteiger partial charge in [-0.3, -0.25) is 0 Å². The lowest BCUT2D eigenvalue weighted by molar-refractivity contribution is 0.110. The summed E-state index contributed by atoms with van der Waals surface area (Å²) in [6.07, 6.45) is -0.560. The normalized spacial score (nSPS) is 11.4. The van der Waals surface area contributed by atoms with E-state index in [4.69, 9.17) is 26.9 Å². The Labute approximate surface area is 82.2 Å². The summed E-state index contributed by atoms with van der Waals surface area (Å²) < 4.78 is 0. The van der Waals surface area contributed by atoms with Crippen LogP contribution in [0, 0.1) is 0 Å². The molecule has 0 saturated heterocycles. The summed E-state index contributed by atoms with van der Waals surface area (Å²) in [5.74, 6) is 0.245. The predicted molar refractivity (Wildman–Crippen MR) is 51.9 cm³/mol. The molecular formula is C9H13ClO3. The first-order chi connectivity index (χ1) is 6.06. The van der Waals surface area contributed by atoms with Crippen molar-refractivity contribution in [2.24, 2.45) is 0 Å². The van der Waals surface area contributed by atoms with Crippen LogP contribution in [0.3, 0.4) is 0 Å². The zero-order chi connectivity index (χ0) is 10.3. The molecule has 1 unspecified atom stereocenters. The standard InChI is InChI=1S/C6H5ClO.C3H8O2/c7-5-1-3-6(8)4-2-5;1-3(5)2-4/h1-4,8H;3-5H,2H2,1H3. The molecule has 74 valence electrons. The van der Waals surface area contributed by atoms with Crippen LogP contribution in [0.25, 0.3) is 0 Å². The van der Waals surface area contributed by atoms with E-state index in [2.05, 4.69) is 0 Å². The summed E-state index contributed by atoms with van der Waals surface area (Å²) in [6.45, 7) is 1.39. The Balaban J connectivity index is 0.000000252. The minimum absolute atomic E-state index is 0.139. The first-order valence-electron chi connectivity index (χ1n) is 3.79. The molecule has 4 heteroatoms. The zero-order valence-corrected chi connectivity index (χ0v) is 8.07. The lowest BCUT2D eigenvalue weighted by Gasteiger charge is -1.90. The maximum absolute atomic E-state index is 8.70. The number of aromatic hydroxyl groups is 1. The second-order valence-electron chi connectivity index (χ2n) is 2.51. The highest BCUT2D eigenvalue weighted by Gasteiger charge is 1.84. The number of phenols is 1. The molecule has 0 saturated carbocycles. The minimum Gasteiger partial charge on any atom is -0.508 e. The monoisotopic (exact) mass is 204 g/mol. The number of rotatable bonds is 1. The summed E-state index contributed by atoms with van der Waals surface area (Å²) in [5, 5.41) is 25.3. The Bertz CT molecular complexity index is 200. The molecule has 0 radical (unpaired) electrons. The molecule has 0 spiro atoms. The average Bonchev–Trinajstić information content (AvgIpc) is 2.11. The van der Waals surface area contributed by atoms with Crippen molar-refractivity contribution in [2.75, 3.05) is 6.61 Å². The van der Waals surface area contributed by atoms with Gasteiger partial charge in [0.05, 0.1) is 12.7 Å². The summed E-state index contributed by atoms with van der Waals surface area (Å²) in [7, 11) is 0. The lowest BCUT2D eigenvalue weighted by Crippen LogP contribution is -2.03. The van der Waals surface area contributed by atoms with Gasteiger partial charge in [-0.15, -0.1) is 0 Å². The fourth-order valence-corrected chi connectivity index (χ4v) is 0.567. The summed E-state index contributed by atoms with van der Waals surface area (Å²) in [4.78, 5) is 0. The second kappa shape index (κ2) is 6.71. The van der Waals surface area contributed by atoms with Crippen molar-refractivity contribution in [3.05, 3.63) is 29.3 Å². The van der Waals surface area contributed by atoms with E-state index < -0.39 is 6.10 Å². The highest BCUT2D eigenvalue weighted by Crippen LogP contribution is 2.12. The maximum atomic E-state index is 8.70. The molecule has 1 atom stereocenters. The zero-order valence-electron chi connectivity index (χ0n) is 7.31. The smallest absolute Gasteiger partial charge is 0.115 e. The molecule has 3 N–H and O–H groups in total. The van der Waals surface area contributed by atoms with Gasteiger partial charge in [-0.25, -0.2) is 0 Å². The number of halogens is 1. The SMILES string of the molecule is CC(O)CO.Oc1ccc(Cl)cc1. The second-order valence-corrected chi connectivity index (χ2v) is 2.94. The molecule has 1 rings (SSSR count). The Morgan fingerprint density at radius 3 is 1.92 bits per heavy atom. The van der Waals surface area contributed by atoms with Crippen LogP contribution in [0.1, 0.15) is 6.92 Å². The molecule has 0 heterocycles. The van der Waals surface area contributed by atoms with E-state index in [9.17, 15) is 0 Å². The first kappa shape index (κ1) is 12.2. The van der Waals surface area contributed by atoms with Gasteiger partial charge in [-0.2, -0.15) is 0 Å². The fraction of sp³-hybridized carbons (Fsp3) is 0.333. The first-order valence-corrected chi connectivity index (χ1v) is 4.17. The van der Waals surface area contributed by atoms with Crippen molar-refractivity contribution < 1.29 is 15.3 Å². The van der Waals surface area contributed by atoms with Crippen LogP contribution in [-0.2, 0) is 0 Å². The highest BCUT2D eigenvalue weighted by atomic mass is 35.5. The van der Waals surface area contributed by atoms with E-state index in [-0.39, 0.29) is 12.4 Å². The highest BCUT2D eigenvalue weighted by molar-refractivity contribution is 6.30. The van der Waals surface area contributed by atoms with E-state index in [1.54, 1.807) is 24.3 Å². The van der Waals surface area contributed by atoms with Crippen molar-refractivity contribution in [1.82, 2.24) is 0 Å². The van der Waals surface area contributed by atoms with Gasteiger partial charge in [0, 0.05) is 5.02 Å². The van der Waals surface area contributed by atoms with Gasteiger partial charge in [0.25, 0.3) is 0 Å². The van der Waals surface area contributed by atoms with Gasteiger partial charge in [-0.1, -0.05) is 11.6 Å². The summed E-state index contributed by atoms with van der Waals surface area (Å²) in [5.41, 5.74) is 0. The third kappa shape index (κ3) is 7.59. The van der Waals surface area contributed by atoms with Crippen LogP contribution in [-0.4, -0.2) is 28.0 Å². The van der Waals surface area contributed by atoms with Gasteiger partial charge in [0.2, 0.25) is 0 Å². The van der Waals surface area contributed by atoms with Gasteiger partial charge in [0.15, 0.2) is 0 Å². The van der Waals surface area contributed by atoms with Crippen LogP contribution >= 0.6 is 11.6 Å². The van der Waals surface area contributed by atoms with Crippen LogP contribution in [0.2, 0.25) is 5.02 Å². The third-order valence-electron chi connectivity index (χ3n) is 1.09. The summed E-state index contributed by atoms with van der Waals surface area (Å²) in [6, 6.07) is 6.36. The molecule has 0 aliphatic carbocycles. The number of hydrogen-bond acceptors (Lipinski definition) is 3. The van der Waals surface area contributed by atoms with Crippen LogP contribution < -0.4 is 0 Å².